The van der Waals surface area contributed by atoms with E-state index in [1.165, 1.54) is 19.0 Å². The molecule has 1 aromatic heterocycles. The molecule has 1 aliphatic heterocycles. The summed E-state index contributed by atoms with van der Waals surface area (Å²) in [6.07, 6.45) is 5.48. The van der Waals surface area contributed by atoms with Gasteiger partial charge >= 0.3 is 0 Å². The molecule has 2 atom stereocenters. The van der Waals surface area contributed by atoms with E-state index in [2.05, 4.69) is 29.2 Å². The molecule has 2 rings (SSSR count). The van der Waals surface area contributed by atoms with Crippen molar-refractivity contribution in [1.82, 2.24) is 15.2 Å². The van der Waals surface area contributed by atoms with Gasteiger partial charge in [0.15, 0.2) is 0 Å². The third-order valence-corrected chi connectivity index (χ3v) is 3.54. The summed E-state index contributed by atoms with van der Waals surface area (Å²) in [6, 6.07) is 2.33. The van der Waals surface area contributed by atoms with Crippen molar-refractivity contribution in [1.29, 1.82) is 0 Å². The van der Waals surface area contributed by atoms with E-state index in [1.807, 2.05) is 0 Å². The molecule has 0 radical (unpaired) electrons. The van der Waals surface area contributed by atoms with E-state index in [9.17, 15) is 4.39 Å². The van der Waals surface area contributed by atoms with E-state index in [-0.39, 0.29) is 11.9 Å². The Hall–Kier alpha value is -1.00. The number of nitrogens with one attached hydrogen (secondary N) is 1. The fraction of sp³-hybridized carbons (Fsp3) is 0.615. The zero-order chi connectivity index (χ0) is 12.3. The first-order valence-electron chi connectivity index (χ1n) is 6.21. The van der Waals surface area contributed by atoms with Crippen LogP contribution in [0.25, 0.3) is 0 Å². The van der Waals surface area contributed by atoms with E-state index in [4.69, 9.17) is 0 Å². The van der Waals surface area contributed by atoms with E-state index in [1.54, 1.807) is 12.3 Å². The second kappa shape index (κ2) is 5.56. The Balaban J connectivity index is 1.96. The maximum Gasteiger partial charge on any atom is 0.141 e. The number of likely N-dealkylation sites (N-methyl/N-ethyl adjacent to an activating group) is 1. The minimum atomic E-state index is -0.262. The minimum absolute atomic E-state index is 0.195. The fourth-order valence-electron chi connectivity index (χ4n) is 2.33. The SMILES string of the molecule is CC(c1cncc(F)c1)N(C)CC1CCCN1. The molecule has 1 N–H and O–H groups in total. The van der Waals surface area contributed by atoms with Gasteiger partial charge in [0.05, 0.1) is 6.20 Å². The summed E-state index contributed by atoms with van der Waals surface area (Å²) in [7, 11) is 2.08. The van der Waals surface area contributed by atoms with Crippen LogP contribution in [0.5, 0.6) is 0 Å². The van der Waals surface area contributed by atoms with Gasteiger partial charge in [-0.1, -0.05) is 0 Å². The van der Waals surface area contributed by atoms with Gasteiger partial charge in [-0.2, -0.15) is 0 Å². The van der Waals surface area contributed by atoms with Crippen molar-refractivity contribution >= 4 is 0 Å². The van der Waals surface area contributed by atoms with E-state index >= 15 is 0 Å². The highest BCUT2D eigenvalue weighted by Gasteiger charge is 2.19. The van der Waals surface area contributed by atoms with Crippen molar-refractivity contribution in [3.05, 3.63) is 29.8 Å². The first-order valence-corrected chi connectivity index (χ1v) is 6.21. The lowest BCUT2D eigenvalue weighted by atomic mass is 10.1. The lowest BCUT2D eigenvalue weighted by Crippen LogP contribution is -2.36. The quantitative estimate of drug-likeness (QED) is 0.867. The van der Waals surface area contributed by atoms with Gasteiger partial charge in [0, 0.05) is 24.8 Å². The highest BCUT2D eigenvalue weighted by Crippen LogP contribution is 2.19. The fourth-order valence-corrected chi connectivity index (χ4v) is 2.33. The van der Waals surface area contributed by atoms with Crippen LogP contribution in [0.2, 0.25) is 0 Å². The molecular formula is C13H20FN3. The van der Waals surface area contributed by atoms with Gasteiger partial charge < -0.3 is 5.32 Å². The third kappa shape index (κ3) is 3.23. The Kier molecular flexibility index (Phi) is 4.07. The monoisotopic (exact) mass is 237 g/mol. The van der Waals surface area contributed by atoms with E-state index < -0.39 is 0 Å². The van der Waals surface area contributed by atoms with Crippen LogP contribution in [-0.4, -0.2) is 36.1 Å². The van der Waals surface area contributed by atoms with E-state index in [0.717, 1.165) is 18.7 Å². The molecule has 0 bridgehead atoms. The zero-order valence-corrected chi connectivity index (χ0v) is 10.5. The normalized spacial score (nSPS) is 22.0. The van der Waals surface area contributed by atoms with Crippen LogP contribution in [0.4, 0.5) is 4.39 Å². The molecule has 94 valence electrons. The Morgan fingerprint density at radius 2 is 2.41 bits per heavy atom. The number of hydrogen-bond donors (Lipinski definition) is 1. The summed E-state index contributed by atoms with van der Waals surface area (Å²) in [5.74, 6) is -0.262. The summed E-state index contributed by atoms with van der Waals surface area (Å²) in [6.45, 7) is 4.21. The lowest BCUT2D eigenvalue weighted by molar-refractivity contribution is 0.237. The average Bonchev–Trinajstić information content (AvgIpc) is 2.80. The third-order valence-electron chi connectivity index (χ3n) is 3.54. The van der Waals surface area contributed by atoms with Crippen LogP contribution in [0.15, 0.2) is 18.5 Å². The largest absolute Gasteiger partial charge is 0.313 e. The molecule has 17 heavy (non-hydrogen) atoms. The number of halogens is 1. The number of aromatic nitrogens is 1. The van der Waals surface area contributed by atoms with Crippen LogP contribution in [0.1, 0.15) is 31.4 Å². The number of rotatable bonds is 4. The van der Waals surface area contributed by atoms with Crippen molar-refractivity contribution in [2.45, 2.75) is 31.8 Å². The van der Waals surface area contributed by atoms with Gasteiger partial charge in [-0.25, -0.2) is 4.39 Å². The van der Waals surface area contributed by atoms with Gasteiger partial charge in [-0.05, 0) is 45.0 Å². The Bertz CT molecular complexity index is 363. The van der Waals surface area contributed by atoms with Crippen molar-refractivity contribution in [3.8, 4) is 0 Å². The van der Waals surface area contributed by atoms with Crippen molar-refractivity contribution < 1.29 is 4.39 Å². The summed E-state index contributed by atoms with van der Waals surface area (Å²) in [4.78, 5) is 6.15. The second-order valence-electron chi connectivity index (χ2n) is 4.85. The van der Waals surface area contributed by atoms with Crippen LogP contribution in [0.3, 0.4) is 0 Å². The Morgan fingerprint density at radius 1 is 1.59 bits per heavy atom. The summed E-state index contributed by atoms with van der Waals surface area (Å²) >= 11 is 0. The Labute approximate surface area is 102 Å². The minimum Gasteiger partial charge on any atom is -0.313 e. The second-order valence-corrected chi connectivity index (χ2v) is 4.85. The maximum absolute atomic E-state index is 13.1. The molecular weight excluding hydrogens is 217 g/mol. The van der Waals surface area contributed by atoms with E-state index in [0.29, 0.717) is 6.04 Å². The standard InChI is InChI=1S/C13H20FN3/c1-10(11-6-12(14)8-15-7-11)17(2)9-13-4-3-5-16-13/h6-8,10,13,16H,3-5,9H2,1-2H3. The Morgan fingerprint density at radius 3 is 3.06 bits per heavy atom. The molecule has 1 saturated heterocycles. The number of pyridine rings is 1. The number of nitrogens with zero attached hydrogens (tertiary/aromatic N) is 2. The predicted octanol–water partition coefficient (Wildman–Crippen LogP) is 1.97. The highest BCUT2D eigenvalue weighted by molar-refractivity contribution is 5.14. The molecule has 2 heterocycles. The molecule has 0 aromatic carbocycles. The molecule has 0 saturated carbocycles. The van der Waals surface area contributed by atoms with Crippen LogP contribution in [-0.2, 0) is 0 Å². The summed E-state index contributed by atoms with van der Waals surface area (Å²) in [5, 5.41) is 3.47. The zero-order valence-electron chi connectivity index (χ0n) is 10.5. The van der Waals surface area contributed by atoms with Gasteiger partial charge in [-0.3, -0.25) is 9.88 Å². The average molecular weight is 237 g/mol. The van der Waals surface area contributed by atoms with Crippen LogP contribution < -0.4 is 5.32 Å². The van der Waals surface area contributed by atoms with Gasteiger partial charge in [-0.15, -0.1) is 0 Å². The highest BCUT2D eigenvalue weighted by atomic mass is 19.1. The van der Waals surface area contributed by atoms with Crippen molar-refractivity contribution in [3.63, 3.8) is 0 Å². The summed E-state index contributed by atoms with van der Waals surface area (Å²) < 4.78 is 13.1. The summed E-state index contributed by atoms with van der Waals surface area (Å²) in [5.41, 5.74) is 0.936. The van der Waals surface area contributed by atoms with Gasteiger partial charge in [0.25, 0.3) is 0 Å². The van der Waals surface area contributed by atoms with Crippen molar-refractivity contribution in [2.24, 2.45) is 0 Å². The van der Waals surface area contributed by atoms with Crippen LogP contribution in [0, 0.1) is 5.82 Å². The maximum atomic E-state index is 13.1. The topological polar surface area (TPSA) is 28.2 Å². The first-order chi connectivity index (χ1) is 8.16. The van der Waals surface area contributed by atoms with Crippen molar-refractivity contribution in [2.75, 3.05) is 20.1 Å². The molecule has 1 fully saturated rings. The first kappa shape index (κ1) is 12.5. The molecule has 0 amide bonds. The molecule has 3 nitrogen and oxygen atoms in total. The molecule has 0 spiro atoms. The predicted molar refractivity (Wildman–Crippen MR) is 66.3 cm³/mol. The lowest BCUT2D eigenvalue weighted by Gasteiger charge is -2.27. The smallest absolute Gasteiger partial charge is 0.141 e. The molecule has 1 aromatic rings. The van der Waals surface area contributed by atoms with Gasteiger partial charge in [0.2, 0.25) is 0 Å². The molecule has 1 aliphatic rings. The number of hydrogen-bond acceptors (Lipinski definition) is 3. The molecule has 0 aliphatic carbocycles. The molecule has 4 heteroatoms. The van der Waals surface area contributed by atoms with Gasteiger partial charge in [0.1, 0.15) is 5.82 Å². The van der Waals surface area contributed by atoms with Crippen LogP contribution >= 0.6 is 0 Å². The molecule has 2 unspecified atom stereocenters.